The normalized spacial score (nSPS) is 10.9. The van der Waals surface area contributed by atoms with Crippen LogP contribution in [0, 0.1) is 12.7 Å². The molecule has 1 heterocycles. The predicted octanol–water partition coefficient (Wildman–Crippen LogP) is 2.71. The minimum atomic E-state index is -0.216. The number of nitrogens with zero attached hydrogens (tertiary/aromatic N) is 3. The first-order chi connectivity index (χ1) is 10.1. The van der Waals surface area contributed by atoms with Crippen molar-refractivity contribution in [2.24, 2.45) is 5.73 Å². The Kier molecular flexibility index (Phi) is 5.33. The first-order valence-electron chi connectivity index (χ1n) is 7.38. The quantitative estimate of drug-likeness (QED) is 0.853. The highest BCUT2D eigenvalue weighted by atomic mass is 19.1. The van der Waals surface area contributed by atoms with Crippen molar-refractivity contribution in [2.45, 2.75) is 33.4 Å². The molecule has 0 radical (unpaired) electrons. The van der Waals surface area contributed by atoms with E-state index in [0.29, 0.717) is 6.54 Å². The van der Waals surface area contributed by atoms with Gasteiger partial charge in [0.15, 0.2) is 0 Å². The molecule has 0 amide bonds. The van der Waals surface area contributed by atoms with Gasteiger partial charge in [0.2, 0.25) is 0 Å². The molecule has 1 aromatic heterocycles. The van der Waals surface area contributed by atoms with Crippen molar-refractivity contribution < 1.29 is 4.39 Å². The molecule has 0 bridgehead atoms. The molecule has 5 heteroatoms. The van der Waals surface area contributed by atoms with Gasteiger partial charge in [0.05, 0.1) is 17.9 Å². The number of nitrogens with two attached hydrogens (primary N) is 1. The Labute approximate surface area is 125 Å². The predicted molar refractivity (Wildman–Crippen MR) is 83.8 cm³/mol. The van der Waals surface area contributed by atoms with E-state index in [9.17, 15) is 4.39 Å². The summed E-state index contributed by atoms with van der Waals surface area (Å²) >= 11 is 0. The highest BCUT2D eigenvalue weighted by Gasteiger charge is 2.11. The van der Waals surface area contributed by atoms with Crippen LogP contribution in [0.15, 0.2) is 30.3 Å². The van der Waals surface area contributed by atoms with Gasteiger partial charge in [-0.05, 0) is 57.1 Å². The molecule has 0 aliphatic carbocycles. The maximum Gasteiger partial charge on any atom is 0.123 e. The highest BCUT2D eigenvalue weighted by molar-refractivity contribution is 5.46. The zero-order chi connectivity index (χ0) is 15.2. The summed E-state index contributed by atoms with van der Waals surface area (Å²) in [6, 6.07) is 8.71. The highest BCUT2D eigenvalue weighted by Crippen LogP contribution is 2.18. The van der Waals surface area contributed by atoms with Gasteiger partial charge in [0, 0.05) is 18.8 Å². The van der Waals surface area contributed by atoms with Crippen molar-refractivity contribution in [1.29, 1.82) is 0 Å². The molecule has 0 saturated carbocycles. The molecule has 0 aliphatic rings. The van der Waals surface area contributed by atoms with E-state index < -0.39 is 0 Å². The fourth-order valence-corrected chi connectivity index (χ4v) is 2.43. The molecule has 4 nitrogen and oxygen atoms in total. The van der Waals surface area contributed by atoms with E-state index in [-0.39, 0.29) is 5.82 Å². The number of hydrogen-bond acceptors (Lipinski definition) is 3. The monoisotopic (exact) mass is 290 g/mol. The van der Waals surface area contributed by atoms with E-state index in [4.69, 9.17) is 5.73 Å². The Morgan fingerprint density at radius 2 is 2.00 bits per heavy atom. The van der Waals surface area contributed by atoms with Crippen LogP contribution in [0.1, 0.15) is 24.7 Å². The van der Waals surface area contributed by atoms with Crippen molar-refractivity contribution in [3.8, 4) is 0 Å². The van der Waals surface area contributed by atoms with Gasteiger partial charge in [-0.1, -0.05) is 0 Å². The topological polar surface area (TPSA) is 47.1 Å². The lowest BCUT2D eigenvalue weighted by Crippen LogP contribution is -2.27. The van der Waals surface area contributed by atoms with Gasteiger partial charge in [0.25, 0.3) is 0 Å². The molecular weight excluding hydrogens is 267 g/mol. The average molecular weight is 290 g/mol. The van der Waals surface area contributed by atoms with Crippen molar-refractivity contribution in [3.63, 3.8) is 0 Å². The molecule has 0 fully saturated rings. The summed E-state index contributed by atoms with van der Waals surface area (Å²) < 4.78 is 15.1. The summed E-state index contributed by atoms with van der Waals surface area (Å²) in [7, 11) is 0. The molecule has 2 N–H and O–H groups in total. The molecule has 0 saturated heterocycles. The lowest BCUT2D eigenvalue weighted by molar-refractivity contribution is 0.601. The Hall–Kier alpha value is -1.88. The van der Waals surface area contributed by atoms with Gasteiger partial charge >= 0.3 is 0 Å². The molecule has 2 aromatic rings. The van der Waals surface area contributed by atoms with Crippen LogP contribution in [-0.4, -0.2) is 22.9 Å². The van der Waals surface area contributed by atoms with Gasteiger partial charge in [-0.25, -0.2) is 4.39 Å². The van der Waals surface area contributed by atoms with Crippen molar-refractivity contribution in [3.05, 3.63) is 47.5 Å². The largest absolute Gasteiger partial charge is 0.366 e. The molecule has 0 spiro atoms. The number of aryl methyl sites for hydroxylation is 2. The third-order valence-corrected chi connectivity index (χ3v) is 3.46. The van der Waals surface area contributed by atoms with Gasteiger partial charge in [-0.15, -0.1) is 0 Å². The van der Waals surface area contributed by atoms with E-state index in [2.05, 4.69) is 23.0 Å². The van der Waals surface area contributed by atoms with Crippen LogP contribution in [0.4, 0.5) is 10.1 Å². The Morgan fingerprint density at radius 3 is 2.62 bits per heavy atom. The van der Waals surface area contributed by atoms with Gasteiger partial charge in [-0.2, -0.15) is 5.10 Å². The number of hydrogen-bond donors (Lipinski definition) is 1. The second kappa shape index (κ2) is 7.22. The second-order valence-electron chi connectivity index (χ2n) is 5.13. The average Bonchev–Trinajstić information content (AvgIpc) is 2.84. The van der Waals surface area contributed by atoms with Crippen LogP contribution in [0.3, 0.4) is 0 Å². The molecule has 1 aromatic carbocycles. The first kappa shape index (κ1) is 15.5. The third-order valence-electron chi connectivity index (χ3n) is 3.46. The maximum atomic E-state index is 13.1. The summed E-state index contributed by atoms with van der Waals surface area (Å²) in [4.78, 5) is 2.22. The fraction of sp³-hybridized carbons (Fsp3) is 0.438. The summed E-state index contributed by atoms with van der Waals surface area (Å²) in [6.45, 7) is 7.16. The standard InChI is InChI=1S/C16H23FN4/c1-3-21-16(11-13(2)19-21)12-20(10-4-9-18)15-7-5-14(17)6-8-15/h5-8,11H,3-4,9-10,12,18H2,1-2H3. The SMILES string of the molecule is CCn1nc(C)cc1CN(CCCN)c1ccc(F)cc1. The van der Waals surface area contributed by atoms with E-state index in [1.54, 1.807) is 0 Å². The molecule has 0 unspecified atom stereocenters. The second-order valence-corrected chi connectivity index (χ2v) is 5.13. The van der Waals surface area contributed by atoms with Crippen LogP contribution >= 0.6 is 0 Å². The zero-order valence-corrected chi connectivity index (χ0v) is 12.7. The Morgan fingerprint density at radius 1 is 1.29 bits per heavy atom. The summed E-state index contributed by atoms with van der Waals surface area (Å²) in [6.07, 6.45) is 0.899. The third kappa shape index (κ3) is 4.04. The van der Waals surface area contributed by atoms with E-state index in [1.807, 2.05) is 23.7 Å². The number of aromatic nitrogens is 2. The van der Waals surface area contributed by atoms with Crippen LogP contribution in [0.2, 0.25) is 0 Å². The molecule has 114 valence electrons. The van der Waals surface area contributed by atoms with Crippen LogP contribution in [0.25, 0.3) is 0 Å². The van der Waals surface area contributed by atoms with Gasteiger partial charge in [-0.3, -0.25) is 4.68 Å². The first-order valence-corrected chi connectivity index (χ1v) is 7.38. The summed E-state index contributed by atoms with van der Waals surface area (Å²) in [5, 5.41) is 4.48. The van der Waals surface area contributed by atoms with Crippen molar-refractivity contribution in [2.75, 3.05) is 18.0 Å². The number of benzene rings is 1. The maximum absolute atomic E-state index is 13.1. The summed E-state index contributed by atoms with van der Waals surface area (Å²) in [5.74, 6) is -0.216. The van der Waals surface area contributed by atoms with Gasteiger partial charge in [0.1, 0.15) is 5.82 Å². The smallest absolute Gasteiger partial charge is 0.123 e. The minimum absolute atomic E-state index is 0.216. The van der Waals surface area contributed by atoms with Crippen LogP contribution in [0.5, 0.6) is 0 Å². The molecule has 2 rings (SSSR count). The van der Waals surface area contributed by atoms with E-state index >= 15 is 0 Å². The zero-order valence-electron chi connectivity index (χ0n) is 12.7. The lowest BCUT2D eigenvalue weighted by atomic mass is 10.2. The lowest BCUT2D eigenvalue weighted by Gasteiger charge is -2.25. The molecular formula is C16H23FN4. The van der Waals surface area contributed by atoms with Crippen molar-refractivity contribution >= 4 is 5.69 Å². The van der Waals surface area contributed by atoms with Gasteiger partial charge < -0.3 is 10.6 Å². The minimum Gasteiger partial charge on any atom is -0.366 e. The summed E-state index contributed by atoms with van der Waals surface area (Å²) in [5.41, 5.74) is 8.82. The molecule has 0 atom stereocenters. The number of halogens is 1. The van der Waals surface area contributed by atoms with Crippen LogP contribution < -0.4 is 10.6 Å². The number of anilines is 1. The van der Waals surface area contributed by atoms with E-state index in [1.165, 1.54) is 12.1 Å². The molecule has 0 aliphatic heterocycles. The Bertz CT molecular complexity index is 562. The van der Waals surface area contributed by atoms with Crippen molar-refractivity contribution in [1.82, 2.24) is 9.78 Å². The van der Waals surface area contributed by atoms with Crippen LogP contribution in [-0.2, 0) is 13.1 Å². The number of rotatable bonds is 7. The fourth-order valence-electron chi connectivity index (χ4n) is 2.43. The Balaban J connectivity index is 2.21. The van der Waals surface area contributed by atoms with E-state index in [0.717, 1.165) is 43.1 Å². The molecule has 21 heavy (non-hydrogen) atoms.